The molecule has 0 saturated carbocycles. The summed E-state index contributed by atoms with van der Waals surface area (Å²) in [5, 5.41) is 2.90. The van der Waals surface area contributed by atoms with Crippen LogP contribution >= 0.6 is 0 Å². The number of hydrogen-bond donors (Lipinski definition) is 1. The Morgan fingerprint density at radius 2 is 1.67 bits per heavy atom. The Hall–Kier alpha value is -1.31. The largest absolute Gasteiger partial charge is 0.352 e. The zero-order chi connectivity index (χ0) is 16.3. The van der Waals surface area contributed by atoms with Crippen molar-refractivity contribution in [3.05, 3.63) is 36.5 Å². The highest BCUT2D eigenvalue weighted by Crippen LogP contribution is 2.11. The fraction of sp³-hybridized carbons (Fsp3) is 0.632. The number of rotatable bonds is 8. The zero-order valence-electron chi connectivity index (χ0n) is 14.6. The molecule has 0 saturated heterocycles. The zero-order valence-corrected chi connectivity index (χ0v) is 14.6. The second-order valence-electron chi connectivity index (χ2n) is 7.17. The van der Waals surface area contributed by atoms with E-state index in [0.717, 1.165) is 12.8 Å². The van der Waals surface area contributed by atoms with Crippen LogP contribution in [-0.4, -0.2) is 12.5 Å². The molecule has 0 spiro atoms. The van der Waals surface area contributed by atoms with Crippen molar-refractivity contribution < 1.29 is 4.79 Å². The van der Waals surface area contributed by atoms with Gasteiger partial charge in [-0.1, -0.05) is 71.9 Å². The summed E-state index contributed by atoms with van der Waals surface area (Å²) in [5.41, 5.74) is 0.131. The summed E-state index contributed by atoms with van der Waals surface area (Å²) < 4.78 is 0. The third-order valence-electron chi connectivity index (χ3n) is 3.28. The Morgan fingerprint density at radius 3 is 2.24 bits per heavy atom. The SMILES string of the molecule is CC(C)C(C)/C=C/C=C\CC/C=C/C(=O)NCC(C)(C)C. The molecule has 2 heteroatoms. The fourth-order valence-corrected chi connectivity index (χ4v) is 1.43. The molecule has 0 aromatic rings. The van der Waals surface area contributed by atoms with Gasteiger partial charge < -0.3 is 5.32 Å². The quantitative estimate of drug-likeness (QED) is 0.385. The van der Waals surface area contributed by atoms with Gasteiger partial charge in [-0.15, -0.1) is 0 Å². The van der Waals surface area contributed by atoms with Gasteiger partial charge in [0.15, 0.2) is 0 Å². The van der Waals surface area contributed by atoms with Gasteiger partial charge in [0.05, 0.1) is 0 Å². The molecule has 1 atom stereocenters. The molecule has 0 radical (unpaired) electrons. The van der Waals surface area contributed by atoms with Crippen LogP contribution in [0, 0.1) is 17.3 Å². The van der Waals surface area contributed by atoms with Crippen LogP contribution in [0.3, 0.4) is 0 Å². The van der Waals surface area contributed by atoms with Crippen LogP contribution in [0.25, 0.3) is 0 Å². The molecule has 0 heterocycles. The molecule has 1 N–H and O–H groups in total. The van der Waals surface area contributed by atoms with Crippen LogP contribution in [0.4, 0.5) is 0 Å². The van der Waals surface area contributed by atoms with Crippen LogP contribution in [0.5, 0.6) is 0 Å². The molecule has 0 rings (SSSR count). The van der Waals surface area contributed by atoms with E-state index in [-0.39, 0.29) is 11.3 Å². The van der Waals surface area contributed by atoms with Crippen LogP contribution in [0.15, 0.2) is 36.5 Å². The second-order valence-corrected chi connectivity index (χ2v) is 7.17. The van der Waals surface area contributed by atoms with Crippen molar-refractivity contribution in [2.24, 2.45) is 17.3 Å². The average molecular weight is 291 g/mol. The van der Waals surface area contributed by atoms with E-state index in [1.807, 2.05) is 6.08 Å². The molecule has 1 unspecified atom stereocenters. The second kappa shape index (κ2) is 10.4. The van der Waals surface area contributed by atoms with Gasteiger partial charge in [-0.3, -0.25) is 4.79 Å². The van der Waals surface area contributed by atoms with Crippen molar-refractivity contribution in [1.29, 1.82) is 0 Å². The van der Waals surface area contributed by atoms with Gasteiger partial charge in [0.25, 0.3) is 0 Å². The molecule has 0 aliphatic carbocycles. The summed E-state index contributed by atoms with van der Waals surface area (Å²) in [6, 6.07) is 0. The minimum absolute atomic E-state index is 0.000409. The molecular formula is C19H33NO. The Labute approximate surface area is 131 Å². The Bertz CT molecular complexity index is 370. The number of carbonyl (C=O) groups excluding carboxylic acids is 1. The number of hydrogen-bond acceptors (Lipinski definition) is 1. The maximum Gasteiger partial charge on any atom is 0.243 e. The lowest BCUT2D eigenvalue weighted by molar-refractivity contribution is -0.116. The lowest BCUT2D eigenvalue weighted by atomic mass is 9.97. The Balaban J connectivity index is 3.79. The smallest absolute Gasteiger partial charge is 0.243 e. The number of nitrogens with one attached hydrogen (secondary N) is 1. The summed E-state index contributed by atoms with van der Waals surface area (Å²) in [6.07, 6.45) is 14.0. The van der Waals surface area contributed by atoms with Crippen molar-refractivity contribution in [1.82, 2.24) is 5.32 Å². The molecule has 0 aromatic heterocycles. The first-order chi connectivity index (χ1) is 9.72. The lowest BCUT2D eigenvalue weighted by Gasteiger charge is -2.17. The molecule has 1 amide bonds. The standard InChI is InChI=1S/C19H33NO/c1-16(2)17(3)13-11-9-7-8-10-12-14-18(21)20-15-19(4,5)6/h7,9,11-14,16-17H,8,10,15H2,1-6H3,(H,20,21)/b9-7-,13-11+,14-12+. The summed E-state index contributed by atoms with van der Waals surface area (Å²) in [7, 11) is 0. The highest BCUT2D eigenvalue weighted by atomic mass is 16.1. The molecule has 120 valence electrons. The Morgan fingerprint density at radius 1 is 1.05 bits per heavy atom. The van der Waals surface area contributed by atoms with E-state index in [2.05, 4.69) is 71.2 Å². The van der Waals surface area contributed by atoms with Crippen molar-refractivity contribution in [2.45, 2.75) is 54.4 Å². The number of unbranched alkanes of at least 4 members (excludes halogenated alkanes) is 1. The van der Waals surface area contributed by atoms with Crippen LogP contribution in [0.1, 0.15) is 54.4 Å². The fourth-order valence-electron chi connectivity index (χ4n) is 1.43. The highest BCUT2D eigenvalue weighted by Gasteiger charge is 2.10. The van der Waals surface area contributed by atoms with Gasteiger partial charge in [-0.2, -0.15) is 0 Å². The average Bonchev–Trinajstić information content (AvgIpc) is 2.38. The van der Waals surface area contributed by atoms with Crippen molar-refractivity contribution in [2.75, 3.05) is 6.54 Å². The molecular weight excluding hydrogens is 258 g/mol. The van der Waals surface area contributed by atoms with Crippen molar-refractivity contribution in [3.63, 3.8) is 0 Å². The van der Waals surface area contributed by atoms with Gasteiger partial charge in [-0.05, 0) is 36.2 Å². The normalized spacial score (nSPS) is 14.6. The van der Waals surface area contributed by atoms with E-state index in [1.165, 1.54) is 0 Å². The molecule has 0 fully saturated rings. The van der Waals surface area contributed by atoms with E-state index in [9.17, 15) is 4.79 Å². The topological polar surface area (TPSA) is 29.1 Å². The van der Waals surface area contributed by atoms with E-state index < -0.39 is 0 Å². The van der Waals surface area contributed by atoms with E-state index in [1.54, 1.807) is 6.08 Å². The highest BCUT2D eigenvalue weighted by molar-refractivity contribution is 5.87. The summed E-state index contributed by atoms with van der Waals surface area (Å²) in [4.78, 5) is 11.5. The van der Waals surface area contributed by atoms with E-state index in [0.29, 0.717) is 18.4 Å². The third kappa shape index (κ3) is 13.4. The van der Waals surface area contributed by atoms with Gasteiger partial charge in [-0.25, -0.2) is 0 Å². The van der Waals surface area contributed by atoms with Crippen LogP contribution < -0.4 is 5.32 Å². The maximum absolute atomic E-state index is 11.5. The predicted molar refractivity (Wildman–Crippen MR) is 93.1 cm³/mol. The molecule has 0 aliphatic rings. The van der Waals surface area contributed by atoms with Crippen molar-refractivity contribution >= 4 is 5.91 Å². The van der Waals surface area contributed by atoms with Crippen LogP contribution in [0.2, 0.25) is 0 Å². The summed E-state index contributed by atoms with van der Waals surface area (Å²) in [5.74, 6) is 1.30. The number of carbonyl (C=O) groups is 1. The van der Waals surface area contributed by atoms with Crippen molar-refractivity contribution in [3.8, 4) is 0 Å². The van der Waals surface area contributed by atoms with Crippen LogP contribution in [-0.2, 0) is 4.79 Å². The van der Waals surface area contributed by atoms with Gasteiger partial charge >= 0.3 is 0 Å². The first-order valence-corrected chi connectivity index (χ1v) is 8.00. The minimum atomic E-state index is -0.000409. The molecule has 21 heavy (non-hydrogen) atoms. The molecule has 0 aromatic carbocycles. The predicted octanol–water partition coefficient (Wildman–Crippen LogP) is 4.89. The maximum atomic E-state index is 11.5. The molecule has 0 bridgehead atoms. The number of allylic oxidation sites excluding steroid dienone is 5. The lowest BCUT2D eigenvalue weighted by Crippen LogP contribution is -2.30. The third-order valence-corrected chi connectivity index (χ3v) is 3.28. The first-order valence-electron chi connectivity index (χ1n) is 8.00. The monoisotopic (exact) mass is 291 g/mol. The Kier molecular flexibility index (Phi) is 9.77. The number of amides is 1. The van der Waals surface area contributed by atoms with Gasteiger partial charge in [0, 0.05) is 6.54 Å². The summed E-state index contributed by atoms with van der Waals surface area (Å²) >= 11 is 0. The minimum Gasteiger partial charge on any atom is -0.352 e. The molecule has 0 aliphatic heterocycles. The van der Waals surface area contributed by atoms with Gasteiger partial charge in [0.2, 0.25) is 5.91 Å². The van der Waals surface area contributed by atoms with E-state index >= 15 is 0 Å². The van der Waals surface area contributed by atoms with E-state index in [4.69, 9.17) is 0 Å². The van der Waals surface area contributed by atoms with Gasteiger partial charge in [0.1, 0.15) is 0 Å². The molecule has 2 nitrogen and oxygen atoms in total. The summed E-state index contributed by atoms with van der Waals surface area (Å²) in [6.45, 7) is 13.7. The first kappa shape index (κ1) is 19.7.